The van der Waals surface area contributed by atoms with Crippen molar-refractivity contribution in [2.75, 3.05) is 26.2 Å². The topological polar surface area (TPSA) is 84.0 Å². The molecule has 1 unspecified atom stereocenters. The van der Waals surface area contributed by atoms with Crippen molar-refractivity contribution in [3.05, 3.63) is 28.8 Å². The van der Waals surface area contributed by atoms with Gasteiger partial charge in [-0.25, -0.2) is 13.2 Å². The Morgan fingerprint density at radius 2 is 1.81 bits per heavy atom. The number of halogens is 1. The van der Waals surface area contributed by atoms with E-state index in [0.29, 0.717) is 26.2 Å². The van der Waals surface area contributed by atoms with Crippen molar-refractivity contribution in [3.63, 3.8) is 0 Å². The van der Waals surface area contributed by atoms with E-state index >= 15 is 0 Å². The minimum absolute atomic E-state index is 0.0407. The van der Waals surface area contributed by atoms with Gasteiger partial charge in [-0.1, -0.05) is 25.4 Å². The molecule has 0 aromatic heterocycles. The Morgan fingerprint density at radius 3 is 2.37 bits per heavy atom. The van der Waals surface area contributed by atoms with Gasteiger partial charge in [-0.2, -0.15) is 4.31 Å². The van der Waals surface area contributed by atoms with E-state index in [-0.39, 0.29) is 21.4 Å². The summed E-state index contributed by atoms with van der Waals surface area (Å²) in [5.74, 6) is -1.08. The lowest BCUT2D eigenvalue weighted by Crippen LogP contribution is -2.38. The molecule has 0 radical (unpaired) electrons. The molecule has 1 aromatic rings. The monoisotopic (exact) mass is 416 g/mol. The molecule has 27 heavy (non-hydrogen) atoms. The molecule has 1 heterocycles. The first-order valence-electron chi connectivity index (χ1n) is 9.01. The zero-order valence-corrected chi connectivity index (χ0v) is 17.3. The number of hydrogen-bond acceptors (Lipinski definition) is 5. The Hall–Kier alpha value is -1.64. The molecule has 0 bridgehead atoms. The van der Waals surface area contributed by atoms with Gasteiger partial charge in [-0.05, 0) is 38.0 Å². The molecule has 0 N–H and O–H groups in total. The Balaban J connectivity index is 2.22. The highest BCUT2D eigenvalue weighted by atomic mass is 35.5. The lowest BCUT2D eigenvalue weighted by molar-refractivity contribution is -0.138. The van der Waals surface area contributed by atoms with E-state index in [0.717, 1.165) is 12.8 Å². The molecule has 0 saturated carbocycles. The van der Waals surface area contributed by atoms with Crippen LogP contribution in [0.3, 0.4) is 0 Å². The molecule has 9 heteroatoms. The molecular weight excluding hydrogens is 392 g/mol. The highest BCUT2D eigenvalue weighted by Gasteiger charge is 2.28. The van der Waals surface area contributed by atoms with Crippen molar-refractivity contribution in [1.29, 1.82) is 0 Å². The molecule has 1 atom stereocenters. The van der Waals surface area contributed by atoms with E-state index in [4.69, 9.17) is 16.3 Å². The van der Waals surface area contributed by atoms with E-state index in [2.05, 4.69) is 0 Å². The third kappa shape index (κ3) is 4.80. The predicted molar refractivity (Wildman–Crippen MR) is 102 cm³/mol. The summed E-state index contributed by atoms with van der Waals surface area (Å²) in [6.07, 6.45) is 0.905. The van der Waals surface area contributed by atoms with Gasteiger partial charge in [0, 0.05) is 26.2 Å². The first-order valence-corrected chi connectivity index (χ1v) is 10.8. The minimum Gasteiger partial charge on any atom is -0.449 e. The number of nitrogens with zero attached hydrogens (tertiary/aromatic N) is 2. The number of carbonyl (C=O) groups is 2. The summed E-state index contributed by atoms with van der Waals surface area (Å²) in [7, 11) is -3.74. The van der Waals surface area contributed by atoms with Crippen LogP contribution in [0.2, 0.25) is 5.02 Å². The zero-order chi connectivity index (χ0) is 20.2. The van der Waals surface area contributed by atoms with Crippen LogP contribution in [0.5, 0.6) is 0 Å². The van der Waals surface area contributed by atoms with Crippen LogP contribution in [0.4, 0.5) is 0 Å². The van der Waals surface area contributed by atoms with Crippen LogP contribution in [0.15, 0.2) is 23.1 Å². The molecular formula is C18H25ClN2O5S. The van der Waals surface area contributed by atoms with Gasteiger partial charge in [0.15, 0.2) is 6.10 Å². The largest absolute Gasteiger partial charge is 0.449 e. The van der Waals surface area contributed by atoms with Crippen molar-refractivity contribution in [1.82, 2.24) is 9.21 Å². The van der Waals surface area contributed by atoms with Crippen LogP contribution in [0.1, 0.15) is 44.0 Å². The van der Waals surface area contributed by atoms with Gasteiger partial charge < -0.3 is 9.64 Å². The number of benzene rings is 1. The molecule has 1 aliphatic heterocycles. The number of amides is 1. The number of hydrogen-bond donors (Lipinski definition) is 0. The second-order valence-corrected chi connectivity index (χ2v) is 8.66. The molecule has 7 nitrogen and oxygen atoms in total. The summed E-state index contributed by atoms with van der Waals surface area (Å²) in [5, 5.41) is 0.0688. The number of rotatable bonds is 7. The molecule has 0 spiro atoms. The van der Waals surface area contributed by atoms with Gasteiger partial charge in [-0.15, -0.1) is 0 Å². The van der Waals surface area contributed by atoms with E-state index < -0.39 is 22.1 Å². The van der Waals surface area contributed by atoms with Gasteiger partial charge >= 0.3 is 5.97 Å². The van der Waals surface area contributed by atoms with Gasteiger partial charge in [0.1, 0.15) is 0 Å². The molecule has 2 rings (SSSR count). The Labute approximate surface area is 165 Å². The smallest absolute Gasteiger partial charge is 0.340 e. The molecule has 1 aliphatic rings. The zero-order valence-electron chi connectivity index (χ0n) is 15.8. The van der Waals surface area contributed by atoms with E-state index in [1.54, 1.807) is 18.7 Å². The maximum Gasteiger partial charge on any atom is 0.340 e. The normalized spacial score (nSPS) is 15.8. The molecule has 1 amide bonds. The number of ether oxygens (including phenoxy) is 1. The van der Waals surface area contributed by atoms with Gasteiger partial charge in [0.2, 0.25) is 10.0 Å². The Morgan fingerprint density at radius 1 is 1.22 bits per heavy atom. The number of likely N-dealkylation sites (tertiary alicyclic amines) is 1. The van der Waals surface area contributed by atoms with Crippen molar-refractivity contribution < 1.29 is 22.7 Å². The number of esters is 1. The quantitative estimate of drug-likeness (QED) is 0.638. The maximum atomic E-state index is 12.7. The summed E-state index contributed by atoms with van der Waals surface area (Å²) in [6, 6.07) is 3.90. The van der Waals surface area contributed by atoms with E-state index in [1.807, 2.05) is 0 Å². The Kier molecular flexibility index (Phi) is 7.25. The molecule has 1 aromatic carbocycles. The molecule has 1 fully saturated rings. The van der Waals surface area contributed by atoms with Crippen LogP contribution in [-0.2, 0) is 19.6 Å². The fourth-order valence-corrected chi connectivity index (χ4v) is 4.68. The van der Waals surface area contributed by atoms with Crippen molar-refractivity contribution >= 4 is 33.5 Å². The highest BCUT2D eigenvalue weighted by molar-refractivity contribution is 7.89. The molecule has 0 aliphatic carbocycles. The van der Waals surface area contributed by atoms with Gasteiger partial charge in [-0.3, -0.25) is 4.79 Å². The highest BCUT2D eigenvalue weighted by Crippen LogP contribution is 2.24. The van der Waals surface area contributed by atoms with Crippen LogP contribution in [-0.4, -0.2) is 61.8 Å². The fraction of sp³-hybridized carbons (Fsp3) is 0.556. The SMILES string of the molecule is CCN(CC)S(=O)(=O)c1ccc(Cl)c(C(=O)OC(C)C(=O)N2CCCC2)c1. The first-order chi connectivity index (χ1) is 12.7. The fourth-order valence-electron chi connectivity index (χ4n) is 3.00. The third-order valence-corrected chi connectivity index (χ3v) is 6.93. The third-order valence-electron chi connectivity index (χ3n) is 4.55. The summed E-state index contributed by atoms with van der Waals surface area (Å²) in [6.45, 7) is 6.89. The van der Waals surface area contributed by atoms with E-state index in [1.165, 1.54) is 29.4 Å². The molecule has 1 saturated heterocycles. The standard InChI is InChI=1S/C18H25ClN2O5S/c1-4-21(5-2)27(24,25)14-8-9-16(19)15(12-14)18(23)26-13(3)17(22)20-10-6-7-11-20/h8-9,12-13H,4-7,10-11H2,1-3H3. The van der Waals surface area contributed by atoms with Crippen molar-refractivity contribution in [2.24, 2.45) is 0 Å². The molecule has 150 valence electrons. The second kappa shape index (κ2) is 9.03. The van der Waals surface area contributed by atoms with Crippen LogP contribution in [0, 0.1) is 0 Å². The summed E-state index contributed by atoms with van der Waals surface area (Å²) in [5.41, 5.74) is -0.0778. The first kappa shape index (κ1) is 21.7. The van der Waals surface area contributed by atoms with Gasteiger partial charge in [0.05, 0.1) is 15.5 Å². The van der Waals surface area contributed by atoms with Crippen molar-refractivity contribution in [2.45, 2.75) is 44.6 Å². The average molecular weight is 417 g/mol. The number of sulfonamides is 1. The summed E-state index contributed by atoms with van der Waals surface area (Å²) >= 11 is 6.07. The van der Waals surface area contributed by atoms with Crippen LogP contribution >= 0.6 is 11.6 Å². The second-order valence-electron chi connectivity index (χ2n) is 6.31. The maximum absolute atomic E-state index is 12.7. The predicted octanol–water partition coefficient (Wildman–Crippen LogP) is 2.54. The lowest BCUT2D eigenvalue weighted by atomic mass is 10.2. The van der Waals surface area contributed by atoms with Crippen LogP contribution in [0.25, 0.3) is 0 Å². The lowest BCUT2D eigenvalue weighted by Gasteiger charge is -2.21. The average Bonchev–Trinajstić information content (AvgIpc) is 3.16. The Bertz CT molecular complexity index is 802. The van der Waals surface area contributed by atoms with E-state index in [9.17, 15) is 18.0 Å². The van der Waals surface area contributed by atoms with Crippen LogP contribution < -0.4 is 0 Å². The van der Waals surface area contributed by atoms with Gasteiger partial charge in [0.25, 0.3) is 5.91 Å². The minimum atomic E-state index is -3.74. The number of carbonyl (C=O) groups excluding carboxylic acids is 2. The summed E-state index contributed by atoms with van der Waals surface area (Å²) in [4.78, 5) is 26.4. The summed E-state index contributed by atoms with van der Waals surface area (Å²) < 4.78 is 31.8. The van der Waals surface area contributed by atoms with Crippen molar-refractivity contribution in [3.8, 4) is 0 Å².